The number of carbonyl (C=O) groups excluding carboxylic acids is 2. The van der Waals surface area contributed by atoms with Gasteiger partial charge in [-0.25, -0.2) is 10.4 Å². The zero-order valence-electron chi connectivity index (χ0n) is 19.5. The number of likely N-dealkylation sites (tertiary alicyclic amines) is 1. The van der Waals surface area contributed by atoms with Gasteiger partial charge in [-0.2, -0.15) is 13.2 Å². The molecule has 2 amide bonds. The van der Waals surface area contributed by atoms with E-state index in [1.54, 1.807) is 11.1 Å². The van der Waals surface area contributed by atoms with Crippen LogP contribution in [0.5, 0.6) is 0 Å². The molecule has 1 aliphatic carbocycles. The second-order valence-electron chi connectivity index (χ2n) is 9.48. The normalized spacial score (nSPS) is 30.0. The van der Waals surface area contributed by atoms with Crippen molar-refractivity contribution in [2.75, 3.05) is 31.6 Å². The van der Waals surface area contributed by atoms with E-state index in [-0.39, 0.29) is 37.7 Å². The van der Waals surface area contributed by atoms with Gasteiger partial charge in [0.25, 0.3) is 0 Å². The highest BCUT2D eigenvalue weighted by atomic mass is 19.4. The first-order chi connectivity index (χ1) is 16.8. The fourth-order valence-electron chi connectivity index (χ4n) is 5.36. The van der Waals surface area contributed by atoms with Crippen molar-refractivity contribution in [3.05, 3.63) is 24.4 Å². The second kappa shape index (κ2) is 11.5. The van der Waals surface area contributed by atoms with E-state index in [2.05, 4.69) is 26.5 Å². The van der Waals surface area contributed by atoms with E-state index in [4.69, 9.17) is 4.74 Å². The first-order valence-corrected chi connectivity index (χ1v) is 12.2. The van der Waals surface area contributed by atoms with E-state index in [1.165, 1.54) is 0 Å². The van der Waals surface area contributed by atoms with Crippen LogP contribution in [0.3, 0.4) is 0 Å². The molecule has 35 heavy (non-hydrogen) atoms. The maximum atomic E-state index is 13.5. The summed E-state index contributed by atoms with van der Waals surface area (Å²) in [6.07, 6.45) is 2.04. The van der Waals surface area contributed by atoms with Gasteiger partial charge >= 0.3 is 6.18 Å². The Bertz CT molecular complexity index is 851. The number of rotatable bonds is 8. The van der Waals surface area contributed by atoms with Crippen LogP contribution in [0.15, 0.2) is 24.4 Å². The number of ether oxygens (including phenoxy) is 1. The van der Waals surface area contributed by atoms with Crippen molar-refractivity contribution < 1.29 is 27.5 Å². The summed E-state index contributed by atoms with van der Waals surface area (Å²) in [7, 11) is 0. The molecule has 2 unspecified atom stereocenters. The lowest BCUT2D eigenvalue weighted by molar-refractivity contribution is -0.201. The molecular formula is C23H33F3N6O3. The van der Waals surface area contributed by atoms with Gasteiger partial charge in [0.1, 0.15) is 12.4 Å². The summed E-state index contributed by atoms with van der Waals surface area (Å²) in [6, 6.07) is 4.87. The number of hydrazine groups is 1. The third kappa shape index (κ3) is 6.83. The molecule has 12 heteroatoms. The van der Waals surface area contributed by atoms with Crippen LogP contribution in [-0.4, -0.2) is 78.3 Å². The van der Waals surface area contributed by atoms with Gasteiger partial charge in [-0.1, -0.05) is 6.07 Å². The average Bonchev–Trinajstić information content (AvgIpc) is 3.28. The Balaban J connectivity index is 1.18. The third-order valence-electron chi connectivity index (χ3n) is 7.04. The number of aromatic nitrogens is 1. The number of carbonyl (C=O) groups is 2. The summed E-state index contributed by atoms with van der Waals surface area (Å²) in [5.74, 6) is -2.53. The molecular weight excluding hydrogens is 465 g/mol. The standard InChI is InChI=1S/C23H33F3N6O3/c24-23(25,26)21-18(12-28-31-22(21)34)32-11-3-4-17(32)13-35-14-20(33)30-16-8-6-15(7-9-16)29-19-5-1-2-10-27-19/h1-2,5,10,15-18,21,28H,3-4,6-9,11-14H2,(H,27,29)(H,30,33)(H,31,34)/t15?,16?,17-,18?,21?/m0/s1. The number of nitrogens with one attached hydrogen (secondary N) is 4. The van der Waals surface area contributed by atoms with Crippen molar-refractivity contribution in [2.45, 2.75) is 68.9 Å². The molecule has 9 nitrogen and oxygen atoms in total. The molecule has 0 aromatic carbocycles. The highest BCUT2D eigenvalue weighted by molar-refractivity contribution is 5.80. The maximum absolute atomic E-state index is 13.5. The van der Waals surface area contributed by atoms with E-state index < -0.39 is 24.0 Å². The van der Waals surface area contributed by atoms with Crippen LogP contribution in [0.4, 0.5) is 19.0 Å². The van der Waals surface area contributed by atoms with E-state index in [0.717, 1.165) is 37.9 Å². The quantitative estimate of drug-likeness (QED) is 0.431. The van der Waals surface area contributed by atoms with E-state index in [0.29, 0.717) is 19.0 Å². The zero-order valence-corrected chi connectivity index (χ0v) is 19.5. The topological polar surface area (TPSA) is 108 Å². The molecule has 3 heterocycles. The lowest BCUT2D eigenvalue weighted by atomic mass is 9.91. The second-order valence-corrected chi connectivity index (χ2v) is 9.48. The summed E-state index contributed by atoms with van der Waals surface area (Å²) < 4.78 is 46.2. The molecule has 0 radical (unpaired) electrons. The molecule has 1 saturated carbocycles. The molecule has 1 aromatic rings. The summed E-state index contributed by atoms with van der Waals surface area (Å²) >= 11 is 0. The first kappa shape index (κ1) is 25.6. The number of amides is 2. The monoisotopic (exact) mass is 498 g/mol. The number of hydrogen-bond acceptors (Lipinski definition) is 7. The zero-order chi connectivity index (χ0) is 24.8. The average molecular weight is 499 g/mol. The summed E-state index contributed by atoms with van der Waals surface area (Å²) in [4.78, 5) is 30.3. The van der Waals surface area contributed by atoms with Crippen molar-refractivity contribution in [1.82, 2.24) is 26.1 Å². The van der Waals surface area contributed by atoms with E-state index >= 15 is 0 Å². The van der Waals surface area contributed by atoms with Crippen LogP contribution in [0.1, 0.15) is 38.5 Å². The van der Waals surface area contributed by atoms with Gasteiger partial charge in [0.2, 0.25) is 11.8 Å². The van der Waals surface area contributed by atoms with Crippen molar-refractivity contribution >= 4 is 17.6 Å². The van der Waals surface area contributed by atoms with Crippen molar-refractivity contribution in [1.29, 1.82) is 0 Å². The predicted octanol–water partition coefficient (Wildman–Crippen LogP) is 1.58. The lowest BCUT2D eigenvalue weighted by Gasteiger charge is -2.40. The predicted molar refractivity (Wildman–Crippen MR) is 122 cm³/mol. The van der Waals surface area contributed by atoms with Crippen LogP contribution >= 0.6 is 0 Å². The van der Waals surface area contributed by atoms with Crippen molar-refractivity contribution in [3.63, 3.8) is 0 Å². The van der Waals surface area contributed by atoms with E-state index in [1.807, 2.05) is 18.2 Å². The molecule has 194 valence electrons. The van der Waals surface area contributed by atoms with Crippen LogP contribution in [0.25, 0.3) is 0 Å². The number of alkyl halides is 3. The Morgan fingerprint density at radius 1 is 1.17 bits per heavy atom. The fourth-order valence-corrected chi connectivity index (χ4v) is 5.36. The molecule has 0 spiro atoms. The molecule has 0 bridgehead atoms. The minimum absolute atomic E-state index is 0.00473. The van der Waals surface area contributed by atoms with Crippen LogP contribution < -0.4 is 21.5 Å². The maximum Gasteiger partial charge on any atom is 0.402 e. The highest BCUT2D eigenvalue weighted by Gasteiger charge is 2.54. The van der Waals surface area contributed by atoms with Crippen LogP contribution in [-0.2, 0) is 14.3 Å². The molecule has 3 aliphatic rings. The molecule has 2 aliphatic heterocycles. The van der Waals surface area contributed by atoms with Crippen LogP contribution in [0.2, 0.25) is 0 Å². The third-order valence-corrected chi connectivity index (χ3v) is 7.04. The largest absolute Gasteiger partial charge is 0.402 e. The molecule has 3 atom stereocenters. The van der Waals surface area contributed by atoms with Gasteiger partial charge in [-0.15, -0.1) is 0 Å². The number of halogens is 3. The van der Waals surface area contributed by atoms with Crippen molar-refractivity contribution in [2.24, 2.45) is 5.92 Å². The number of nitrogens with zero attached hydrogens (tertiary/aromatic N) is 2. The number of anilines is 1. The SMILES string of the molecule is O=C(COC[C@@H]1CCCN1C1CNNC(=O)C1C(F)(F)F)NC1CCC(Nc2ccccn2)CC1. The van der Waals surface area contributed by atoms with Gasteiger partial charge in [-0.3, -0.25) is 19.9 Å². The Morgan fingerprint density at radius 2 is 1.94 bits per heavy atom. The van der Waals surface area contributed by atoms with Crippen LogP contribution in [0, 0.1) is 5.92 Å². The Kier molecular flexibility index (Phi) is 8.45. The van der Waals surface area contributed by atoms with Gasteiger partial charge in [0.15, 0.2) is 5.92 Å². The fraction of sp³-hybridized carbons (Fsp3) is 0.696. The lowest BCUT2D eigenvalue weighted by Crippen LogP contribution is -2.65. The Hall–Kier alpha value is -2.44. The Labute approximate surface area is 202 Å². The minimum Gasteiger partial charge on any atom is -0.370 e. The first-order valence-electron chi connectivity index (χ1n) is 12.2. The number of hydrogen-bond donors (Lipinski definition) is 4. The van der Waals surface area contributed by atoms with Gasteiger partial charge in [-0.05, 0) is 57.2 Å². The van der Waals surface area contributed by atoms with Gasteiger partial charge in [0.05, 0.1) is 6.61 Å². The molecule has 1 aromatic heterocycles. The summed E-state index contributed by atoms with van der Waals surface area (Å²) in [5, 5.41) is 6.42. The molecule has 4 N–H and O–H groups in total. The summed E-state index contributed by atoms with van der Waals surface area (Å²) in [5.41, 5.74) is 4.66. The highest BCUT2D eigenvalue weighted by Crippen LogP contribution is 2.35. The van der Waals surface area contributed by atoms with Crippen molar-refractivity contribution in [3.8, 4) is 0 Å². The smallest absolute Gasteiger partial charge is 0.370 e. The van der Waals surface area contributed by atoms with E-state index in [9.17, 15) is 22.8 Å². The number of pyridine rings is 1. The minimum atomic E-state index is -4.63. The van der Waals surface area contributed by atoms with Gasteiger partial charge < -0.3 is 15.4 Å². The van der Waals surface area contributed by atoms with Gasteiger partial charge in [0, 0.05) is 36.9 Å². The Morgan fingerprint density at radius 3 is 2.66 bits per heavy atom. The molecule has 3 fully saturated rings. The molecule has 2 saturated heterocycles. The molecule has 4 rings (SSSR count). The summed E-state index contributed by atoms with van der Waals surface area (Å²) in [6.45, 7) is 0.479.